The van der Waals surface area contributed by atoms with Gasteiger partial charge in [0.15, 0.2) is 17.3 Å². The monoisotopic (exact) mass is 547 g/mol. The Morgan fingerprint density at radius 2 is 1.94 bits per heavy atom. The maximum atomic E-state index is 13.6. The van der Waals surface area contributed by atoms with Crippen LogP contribution in [0.4, 0.5) is 14.5 Å². The molecule has 0 radical (unpaired) electrons. The number of nitrogens with one attached hydrogen (secondary N) is 2. The first kappa shape index (κ1) is 22.2. The number of hydrogen-bond donors (Lipinski definition) is 2. The molecule has 0 bridgehead atoms. The number of benzene rings is 1. The van der Waals surface area contributed by atoms with Gasteiger partial charge in [0.25, 0.3) is 11.8 Å². The van der Waals surface area contributed by atoms with Crippen LogP contribution in [0.15, 0.2) is 35.1 Å². The fourth-order valence-corrected chi connectivity index (χ4v) is 3.72. The molecule has 2 amide bonds. The Kier molecular flexibility index (Phi) is 5.69. The molecule has 1 aliphatic heterocycles. The second kappa shape index (κ2) is 8.19. The van der Waals surface area contributed by atoms with Crippen LogP contribution in [0, 0.1) is 0 Å². The van der Waals surface area contributed by atoms with E-state index in [1.165, 1.54) is 19.3 Å². The summed E-state index contributed by atoms with van der Waals surface area (Å²) in [6, 6.07) is 5.53. The van der Waals surface area contributed by atoms with E-state index in [1.54, 1.807) is 12.1 Å². The van der Waals surface area contributed by atoms with E-state index >= 15 is 0 Å². The van der Waals surface area contributed by atoms with Crippen molar-refractivity contribution in [3.05, 3.63) is 56.4 Å². The largest absolute Gasteiger partial charge is 0.586 e. The summed E-state index contributed by atoms with van der Waals surface area (Å²) < 4.78 is 37.5. The topological polar surface area (TPSA) is 107 Å². The van der Waals surface area contributed by atoms with E-state index in [2.05, 4.69) is 46.1 Å². The number of carbonyl (C=O) groups is 2. The van der Waals surface area contributed by atoms with Gasteiger partial charge < -0.3 is 20.1 Å². The number of ether oxygens (including phenoxy) is 2. The van der Waals surface area contributed by atoms with E-state index in [1.807, 2.05) is 0 Å². The summed E-state index contributed by atoms with van der Waals surface area (Å²) in [7, 11) is 1.27. The first-order chi connectivity index (χ1) is 15.1. The highest BCUT2D eigenvalue weighted by atomic mass is 79.9. The Bertz CT molecular complexity index is 1270. The molecule has 2 aromatic heterocycles. The Morgan fingerprint density at radius 3 is 2.62 bits per heavy atom. The summed E-state index contributed by atoms with van der Waals surface area (Å²) in [4.78, 5) is 29.7. The van der Waals surface area contributed by atoms with Crippen molar-refractivity contribution in [2.24, 2.45) is 0 Å². The third-order valence-electron chi connectivity index (χ3n) is 4.19. The number of carbonyl (C=O) groups excluding carboxylic acids is 2. The van der Waals surface area contributed by atoms with Crippen molar-refractivity contribution >= 4 is 56.6 Å². The summed E-state index contributed by atoms with van der Waals surface area (Å²) >= 11 is 15.5. The second-order valence-electron chi connectivity index (χ2n) is 6.21. The van der Waals surface area contributed by atoms with Crippen LogP contribution in [0.2, 0.25) is 10.0 Å². The van der Waals surface area contributed by atoms with Crippen LogP contribution in [-0.4, -0.2) is 39.9 Å². The number of amides is 2. The zero-order valence-corrected chi connectivity index (χ0v) is 18.8. The van der Waals surface area contributed by atoms with Gasteiger partial charge in [0, 0.05) is 25.4 Å². The predicted molar refractivity (Wildman–Crippen MR) is 113 cm³/mol. The number of hydrogen-bond acceptors (Lipinski definition) is 6. The Hall–Kier alpha value is -2.96. The van der Waals surface area contributed by atoms with Crippen molar-refractivity contribution in [2.75, 3.05) is 12.4 Å². The minimum Gasteiger partial charge on any atom is -0.395 e. The average Bonchev–Trinajstić information content (AvgIpc) is 3.26. The van der Waals surface area contributed by atoms with Crippen molar-refractivity contribution in [2.45, 2.75) is 6.29 Å². The number of aromatic nitrogens is 3. The van der Waals surface area contributed by atoms with Crippen molar-refractivity contribution < 1.29 is 27.8 Å². The lowest BCUT2D eigenvalue weighted by atomic mass is 10.1. The van der Waals surface area contributed by atoms with Gasteiger partial charge in [0.05, 0.1) is 15.7 Å². The summed E-state index contributed by atoms with van der Waals surface area (Å²) in [6.07, 6.45) is -2.55. The molecule has 14 heteroatoms. The lowest BCUT2D eigenvalue weighted by Crippen LogP contribution is -2.27. The maximum absolute atomic E-state index is 13.6. The van der Waals surface area contributed by atoms with E-state index in [0.717, 1.165) is 10.7 Å². The maximum Gasteiger partial charge on any atom is 0.586 e. The van der Waals surface area contributed by atoms with Crippen LogP contribution in [-0.2, 0) is 0 Å². The molecule has 32 heavy (non-hydrogen) atoms. The van der Waals surface area contributed by atoms with Crippen molar-refractivity contribution in [3.63, 3.8) is 0 Å². The van der Waals surface area contributed by atoms with E-state index in [0.29, 0.717) is 0 Å². The molecule has 0 spiro atoms. The van der Waals surface area contributed by atoms with Gasteiger partial charge in [0.1, 0.15) is 15.9 Å². The highest BCUT2D eigenvalue weighted by Crippen LogP contribution is 2.49. The van der Waals surface area contributed by atoms with Crippen molar-refractivity contribution in [1.82, 2.24) is 20.1 Å². The van der Waals surface area contributed by atoms with E-state index in [4.69, 9.17) is 23.2 Å². The van der Waals surface area contributed by atoms with Crippen molar-refractivity contribution in [1.29, 1.82) is 0 Å². The molecule has 4 rings (SSSR count). The molecule has 2 N–H and O–H groups in total. The van der Waals surface area contributed by atoms with Gasteiger partial charge in [-0.15, -0.1) is 8.78 Å². The third kappa shape index (κ3) is 3.96. The highest BCUT2D eigenvalue weighted by molar-refractivity contribution is 9.10. The minimum absolute atomic E-state index is 0.0422. The van der Waals surface area contributed by atoms with Crippen LogP contribution < -0.4 is 20.1 Å². The SMILES string of the molecule is CNC(=O)c1c(NC(=O)c2cc(Br)nn2-c2ncccc2Cl)c(Cl)cc2c1OC(F)(F)O2. The Balaban J connectivity index is 1.79. The molecule has 0 aliphatic carbocycles. The van der Waals surface area contributed by atoms with Crippen LogP contribution in [0.25, 0.3) is 5.82 Å². The first-order valence-corrected chi connectivity index (χ1v) is 10.2. The molecule has 0 saturated carbocycles. The molecule has 0 saturated heterocycles. The summed E-state index contributed by atoms with van der Waals surface area (Å²) in [5, 5.41) is 8.85. The summed E-state index contributed by atoms with van der Waals surface area (Å²) in [5.74, 6) is -2.50. The molecule has 0 atom stereocenters. The van der Waals surface area contributed by atoms with E-state index in [9.17, 15) is 18.4 Å². The van der Waals surface area contributed by atoms with Gasteiger partial charge in [-0.25, -0.2) is 9.67 Å². The van der Waals surface area contributed by atoms with Gasteiger partial charge in [-0.3, -0.25) is 9.59 Å². The number of anilines is 1. The fourth-order valence-electron chi connectivity index (χ4n) is 2.90. The zero-order chi connectivity index (χ0) is 23.2. The lowest BCUT2D eigenvalue weighted by Gasteiger charge is -2.15. The molecule has 0 unspecified atom stereocenters. The molecule has 3 aromatic rings. The smallest absolute Gasteiger partial charge is 0.395 e. The van der Waals surface area contributed by atoms with E-state index < -0.39 is 35.2 Å². The van der Waals surface area contributed by atoms with Crippen LogP contribution in [0.3, 0.4) is 0 Å². The number of fused-ring (bicyclic) bond motifs is 1. The number of rotatable bonds is 4. The Labute approximate surface area is 196 Å². The lowest BCUT2D eigenvalue weighted by molar-refractivity contribution is -0.286. The molecular formula is C18H10BrCl2F2N5O4. The fraction of sp³-hybridized carbons (Fsp3) is 0.111. The molecule has 0 fully saturated rings. The average molecular weight is 549 g/mol. The highest BCUT2D eigenvalue weighted by Gasteiger charge is 2.46. The molecule has 1 aliphatic rings. The summed E-state index contributed by atoms with van der Waals surface area (Å²) in [6.45, 7) is 0. The molecule has 3 heterocycles. The normalized spacial score (nSPS) is 13.7. The molecule has 9 nitrogen and oxygen atoms in total. The van der Waals surface area contributed by atoms with Gasteiger partial charge in [-0.1, -0.05) is 23.2 Å². The number of alkyl halides is 2. The van der Waals surface area contributed by atoms with Crippen LogP contribution >= 0.6 is 39.1 Å². The molecular weight excluding hydrogens is 539 g/mol. The Morgan fingerprint density at radius 1 is 1.19 bits per heavy atom. The molecule has 166 valence electrons. The minimum atomic E-state index is -4.00. The van der Waals surface area contributed by atoms with Gasteiger partial charge in [0.2, 0.25) is 0 Å². The number of pyridine rings is 1. The summed E-state index contributed by atoms with van der Waals surface area (Å²) in [5.41, 5.74) is -0.757. The van der Waals surface area contributed by atoms with Crippen molar-refractivity contribution in [3.8, 4) is 17.3 Å². The van der Waals surface area contributed by atoms with E-state index in [-0.39, 0.29) is 31.8 Å². The molecule has 1 aromatic carbocycles. The van der Waals surface area contributed by atoms with Gasteiger partial charge in [-0.2, -0.15) is 5.10 Å². The van der Waals surface area contributed by atoms with Crippen LogP contribution in [0.1, 0.15) is 20.8 Å². The first-order valence-electron chi connectivity index (χ1n) is 8.63. The predicted octanol–water partition coefficient (Wildman–Crippen LogP) is 4.27. The quantitative estimate of drug-likeness (QED) is 0.504. The number of halogens is 5. The van der Waals surface area contributed by atoms with Gasteiger partial charge in [-0.05, 0) is 28.1 Å². The number of nitrogens with zero attached hydrogens (tertiary/aromatic N) is 3. The van der Waals surface area contributed by atoms with Crippen LogP contribution in [0.5, 0.6) is 11.5 Å². The standard InChI is InChI=1S/C18H10BrCl2F2N5O4/c1-24-17(30)12-13(8(21)5-10-14(12)32-18(22,23)31-10)26-16(29)9-6-11(19)27-28(9)15-7(20)3-2-4-25-15/h2-6H,1H3,(H,24,30)(H,26,29). The second-order valence-corrected chi connectivity index (χ2v) is 7.84. The zero-order valence-electron chi connectivity index (χ0n) is 15.8. The van der Waals surface area contributed by atoms with Gasteiger partial charge >= 0.3 is 6.29 Å². The third-order valence-corrected chi connectivity index (χ3v) is 5.17.